The molecule has 55 heavy (non-hydrogen) atoms. The van der Waals surface area contributed by atoms with Crippen LogP contribution in [0, 0.1) is 0 Å². The van der Waals surface area contributed by atoms with Gasteiger partial charge in [-0.15, -0.1) is 0 Å². The summed E-state index contributed by atoms with van der Waals surface area (Å²) >= 11 is 0. The minimum Gasteiger partial charge on any atom is -0.311 e. The lowest BCUT2D eigenvalue weighted by Crippen LogP contribution is -2.09. The first kappa shape index (κ1) is 33.6. The summed E-state index contributed by atoms with van der Waals surface area (Å²) in [6.45, 7) is 0. The molecule has 0 N–H and O–H groups in total. The van der Waals surface area contributed by atoms with E-state index >= 15 is 0 Å². The van der Waals surface area contributed by atoms with E-state index in [-0.39, 0.29) is 0 Å². The molecule has 0 aromatic heterocycles. The minimum absolute atomic E-state index is 1.10. The second-order valence-electron chi connectivity index (χ2n) is 13.8. The molecule has 0 amide bonds. The third-order valence-corrected chi connectivity index (χ3v) is 10.3. The summed E-state index contributed by atoms with van der Waals surface area (Å²) in [5, 5.41) is 0. The van der Waals surface area contributed by atoms with Gasteiger partial charge in [-0.25, -0.2) is 0 Å². The van der Waals surface area contributed by atoms with Crippen molar-refractivity contribution in [1.29, 1.82) is 0 Å². The van der Waals surface area contributed by atoms with Crippen molar-refractivity contribution in [3.05, 3.63) is 237 Å². The first-order chi connectivity index (χ1) is 27.3. The molecule has 9 aromatic rings. The van der Waals surface area contributed by atoms with E-state index in [9.17, 15) is 0 Å². The smallest absolute Gasteiger partial charge is 0.0462 e. The van der Waals surface area contributed by atoms with Gasteiger partial charge in [0.05, 0.1) is 0 Å². The summed E-state index contributed by atoms with van der Waals surface area (Å²) in [5.74, 6) is 0. The number of rotatable bonds is 9. The van der Waals surface area contributed by atoms with Crippen molar-refractivity contribution in [2.45, 2.75) is 0 Å². The topological polar surface area (TPSA) is 3.24 Å². The highest BCUT2D eigenvalue weighted by Gasteiger charge is 2.15. The van der Waals surface area contributed by atoms with E-state index in [1.54, 1.807) is 0 Å². The SMILES string of the molecule is c1ccc(-c2ccc(N(c3ccc(-c4ccccc4)cc3)c3ccc(-c4ccccc4-c4ccc(-c5cccc(-c6ccccc6)c5)cc4)cc3)cc2)cc1. The summed E-state index contributed by atoms with van der Waals surface area (Å²) in [6.07, 6.45) is 0. The summed E-state index contributed by atoms with van der Waals surface area (Å²) in [4.78, 5) is 2.34. The van der Waals surface area contributed by atoms with Crippen LogP contribution in [0.15, 0.2) is 237 Å². The fraction of sp³-hybridized carbons (Fsp3) is 0. The largest absolute Gasteiger partial charge is 0.311 e. The maximum absolute atomic E-state index is 2.34. The number of benzene rings is 9. The number of hydrogen-bond donors (Lipinski definition) is 0. The molecule has 0 saturated heterocycles. The van der Waals surface area contributed by atoms with Crippen molar-refractivity contribution in [1.82, 2.24) is 0 Å². The molecule has 0 aliphatic carbocycles. The van der Waals surface area contributed by atoms with Crippen LogP contribution in [0.2, 0.25) is 0 Å². The first-order valence-electron chi connectivity index (χ1n) is 18.8. The van der Waals surface area contributed by atoms with Crippen molar-refractivity contribution in [2.75, 3.05) is 4.90 Å². The quantitative estimate of drug-likeness (QED) is 0.145. The lowest BCUT2D eigenvalue weighted by Gasteiger charge is -2.26. The summed E-state index contributed by atoms with van der Waals surface area (Å²) in [6, 6.07) is 84.9. The second kappa shape index (κ2) is 15.4. The summed E-state index contributed by atoms with van der Waals surface area (Å²) in [7, 11) is 0. The van der Waals surface area contributed by atoms with Gasteiger partial charge in [0.2, 0.25) is 0 Å². The van der Waals surface area contributed by atoms with E-state index in [2.05, 4.69) is 241 Å². The predicted octanol–water partition coefficient (Wildman–Crippen LogP) is 15.2. The van der Waals surface area contributed by atoms with Crippen LogP contribution in [-0.2, 0) is 0 Å². The molecule has 1 heteroatoms. The summed E-state index contributed by atoms with van der Waals surface area (Å²) < 4.78 is 0. The van der Waals surface area contributed by atoms with Crippen LogP contribution in [0.1, 0.15) is 0 Å². The Labute approximate surface area is 324 Å². The number of nitrogens with zero attached hydrogens (tertiary/aromatic N) is 1. The molecular formula is C54H39N. The Balaban J connectivity index is 1.03. The van der Waals surface area contributed by atoms with Gasteiger partial charge < -0.3 is 4.90 Å². The van der Waals surface area contributed by atoms with Crippen LogP contribution < -0.4 is 4.90 Å². The van der Waals surface area contributed by atoms with Crippen LogP contribution in [0.4, 0.5) is 17.1 Å². The lowest BCUT2D eigenvalue weighted by molar-refractivity contribution is 1.28. The molecular weight excluding hydrogens is 663 g/mol. The molecule has 0 fully saturated rings. The molecule has 1 nitrogen and oxygen atoms in total. The zero-order chi connectivity index (χ0) is 36.8. The van der Waals surface area contributed by atoms with E-state index < -0.39 is 0 Å². The molecule has 0 heterocycles. The molecule has 9 aromatic carbocycles. The molecule has 0 atom stereocenters. The molecule has 9 rings (SSSR count). The highest BCUT2D eigenvalue weighted by atomic mass is 15.1. The zero-order valence-electron chi connectivity index (χ0n) is 30.5. The van der Waals surface area contributed by atoms with Crippen molar-refractivity contribution in [3.8, 4) is 66.8 Å². The van der Waals surface area contributed by atoms with Gasteiger partial charge in [-0.05, 0) is 109 Å². The lowest BCUT2D eigenvalue weighted by atomic mass is 9.92. The Hall–Kier alpha value is -7.22. The molecule has 0 spiro atoms. The van der Waals surface area contributed by atoms with Crippen LogP contribution in [-0.4, -0.2) is 0 Å². The standard InChI is InChI=1S/C54H39N/c1-4-13-40(14-5-1)43-27-33-50(34-28-43)55(51-35-29-44(30-36-51)41-15-6-2-7-16-41)52-37-31-47(32-38-52)54-22-11-10-21-53(54)46-25-23-45(24-26-46)49-20-12-19-48(39-49)42-17-8-3-9-18-42/h1-39H. The molecule has 0 saturated carbocycles. The Morgan fingerprint density at radius 1 is 0.182 bits per heavy atom. The number of hydrogen-bond acceptors (Lipinski definition) is 1. The van der Waals surface area contributed by atoms with E-state index in [4.69, 9.17) is 0 Å². The molecule has 0 bridgehead atoms. The average molecular weight is 702 g/mol. The third kappa shape index (κ3) is 7.25. The fourth-order valence-electron chi connectivity index (χ4n) is 7.44. The van der Waals surface area contributed by atoms with Gasteiger partial charge >= 0.3 is 0 Å². The average Bonchev–Trinajstić information content (AvgIpc) is 3.28. The Morgan fingerprint density at radius 3 is 0.836 bits per heavy atom. The molecule has 0 aliphatic rings. The molecule has 260 valence electrons. The van der Waals surface area contributed by atoms with E-state index in [0.29, 0.717) is 0 Å². The highest BCUT2D eigenvalue weighted by molar-refractivity contribution is 5.87. The zero-order valence-corrected chi connectivity index (χ0v) is 30.5. The van der Waals surface area contributed by atoms with Crippen LogP contribution >= 0.6 is 0 Å². The maximum atomic E-state index is 2.34. The number of anilines is 3. The Kier molecular flexibility index (Phi) is 9.41. The van der Waals surface area contributed by atoms with Crippen molar-refractivity contribution < 1.29 is 0 Å². The fourth-order valence-corrected chi connectivity index (χ4v) is 7.44. The van der Waals surface area contributed by atoms with E-state index in [1.807, 2.05) is 0 Å². The van der Waals surface area contributed by atoms with Gasteiger partial charge in [-0.1, -0.05) is 194 Å². The normalized spacial score (nSPS) is 10.9. The monoisotopic (exact) mass is 701 g/mol. The van der Waals surface area contributed by atoms with Crippen molar-refractivity contribution in [3.63, 3.8) is 0 Å². The predicted molar refractivity (Wildman–Crippen MR) is 234 cm³/mol. The van der Waals surface area contributed by atoms with Crippen molar-refractivity contribution in [2.24, 2.45) is 0 Å². The molecule has 0 radical (unpaired) electrons. The second-order valence-corrected chi connectivity index (χ2v) is 13.8. The van der Waals surface area contributed by atoms with Crippen molar-refractivity contribution >= 4 is 17.1 Å². The maximum Gasteiger partial charge on any atom is 0.0462 e. The first-order valence-corrected chi connectivity index (χ1v) is 18.8. The molecule has 0 aliphatic heterocycles. The van der Waals surface area contributed by atoms with E-state index in [0.717, 1.165) is 17.1 Å². The Bertz CT molecular complexity index is 2540. The van der Waals surface area contributed by atoms with Gasteiger partial charge in [0.15, 0.2) is 0 Å². The van der Waals surface area contributed by atoms with Crippen LogP contribution in [0.3, 0.4) is 0 Å². The van der Waals surface area contributed by atoms with Gasteiger partial charge in [-0.2, -0.15) is 0 Å². The van der Waals surface area contributed by atoms with Gasteiger partial charge in [0.25, 0.3) is 0 Å². The van der Waals surface area contributed by atoms with Gasteiger partial charge in [-0.3, -0.25) is 0 Å². The van der Waals surface area contributed by atoms with E-state index in [1.165, 1.54) is 66.8 Å². The Morgan fingerprint density at radius 2 is 0.436 bits per heavy atom. The van der Waals surface area contributed by atoms with Crippen LogP contribution in [0.5, 0.6) is 0 Å². The highest BCUT2D eigenvalue weighted by Crippen LogP contribution is 2.39. The van der Waals surface area contributed by atoms with Crippen LogP contribution in [0.25, 0.3) is 66.8 Å². The minimum atomic E-state index is 1.10. The molecule has 0 unspecified atom stereocenters. The van der Waals surface area contributed by atoms with Gasteiger partial charge in [0.1, 0.15) is 0 Å². The summed E-state index contributed by atoms with van der Waals surface area (Å²) in [5.41, 5.74) is 17.8. The third-order valence-electron chi connectivity index (χ3n) is 10.3. The van der Waals surface area contributed by atoms with Gasteiger partial charge in [0, 0.05) is 17.1 Å².